The van der Waals surface area contributed by atoms with Crippen molar-refractivity contribution in [3.05, 3.63) is 40.4 Å². The van der Waals surface area contributed by atoms with Gasteiger partial charge in [0.2, 0.25) is 0 Å². The van der Waals surface area contributed by atoms with Gasteiger partial charge >= 0.3 is 0 Å². The number of thiazole rings is 1. The molecule has 0 amide bonds. The van der Waals surface area contributed by atoms with Gasteiger partial charge in [0.25, 0.3) is 0 Å². The van der Waals surface area contributed by atoms with Crippen LogP contribution in [-0.4, -0.2) is 12.1 Å². The number of aromatic nitrogens is 1. The van der Waals surface area contributed by atoms with Crippen molar-refractivity contribution in [3.8, 4) is 5.75 Å². The first-order valence-electron chi connectivity index (χ1n) is 5.50. The second-order valence-corrected chi connectivity index (χ2v) is 5.07. The molecule has 0 atom stereocenters. The number of hydrogen-bond donors (Lipinski definition) is 1. The van der Waals surface area contributed by atoms with Crippen LogP contribution in [0.3, 0.4) is 0 Å². The second kappa shape index (κ2) is 5.19. The highest BCUT2D eigenvalue weighted by molar-refractivity contribution is 7.15. The first-order chi connectivity index (χ1) is 8.19. The number of benzene rings is 1. The maximum atomic E-state index is 5.19. The van der Waals surface area contributed by atoms with Crippen LogP contribution < -0.4 is 10.1 Å². The molecule has 1 aromatic carbocycles. The molecule has 3 nitrogen and oxygen atoms in total. The van der Waals surface area contributed by atoms with Crippen molar-refractivity contribution in [1.82, 2.24) is 4.98 Å². The Hall–Kier alpha value is -1.55. The maximum absolute atomic E-state index is 5.19. The summed E-state index contributed by atoms with van der Waals surface area (Å²) in [6, 6.07) is 8.04. The Balaban J connectivity index is 2.01. The fourth-order valence-corrected chi connectivity index (χ4v) is 2.32. The van der Waals surface area contributed by atoms with Crippen LogP contribution in [0.4, 0.5) is 5.13 Å². The largest absolute Gasteiger partial charge is 0.497 e. The monoisotopic (exact) mass is 248 g/mol. The normalized spacial score (nSPS) is 10.3. The molecule has 0 aliphatic heterocycles. The van der Waals surface area contributed by atoms with E-state index in [4.69, 9.17) is 4.74 Å². The van der Waals surface area contributed by atoms with E-state index in [0.29, 0.717) is 0 Å². The van der Waals surface area contributed by atoms with Crippen LogP contribution in [0.5, 0.6) is 5.75 Å². The van der Waals surface area contributed by atoms with Crippen molar-refractivity contribution in [2.24, 2.45) is 0 Å². The van der Waals surface area contributed by atoms with Gasteiger partial charge in [-0.3, -0.25) is 0 Å². The summed E-state index contributed by atoms with van der Waals surface area (Å²) in [6.45, 7) is 4.88. The van der Waals surface area contributed by atoms with Gasteiger partial charge in [-0.25, -0.2) is 4.98 Å². The Morgan fingerprint density at radius 3 is 2.82 bits per heavy atom. The Bertz CT molecular complexity index is 488. The topological polar surface area (TPSA) is 34.1 Å². The molecule has 0 unspecified atom stereocenters. The summed E-state index contributed by atoms with van der Waals surface area (Å²) in [7, 11) is 1.68. The van der Waals surface area contributed by atoms with Gasteiger partial charge in [0, 0.05) is 11.4 Å². The van der Waals surface area contributed by atoms with Crippen LogP contribution in [0.1, 0.15) is 16.1 Å². The Morgan fingerprint density at radius 2 is 2.18 bits per heavy atom. The molecule has 0 spiro atoms. The lowest BCUT2D eigenvalue weighted by Gasteiger charge is -2.05. The Morgan fingerprint density at radius 1 is 1.35 bits per heavy atom. The highest BCUT2D eigenvalue weighted by atomic mass is 32.1. The van der Waals surface area contributed by atoms with Crippen molar-refractivity contribution < 1.29 is 4.74 Å². The molecule has 0 saturated carbocycles. The van der Waals surface area contributed by atoms with Crippen molar-refractivity contribution >= 4 is 16.5 Å². The number of anilines is 1. The molecular weight excluding hydrogens is 232 g/mol. The summed E-state index contributed by atoms with van der Waals surface area (Å²) < 4.78 is 5.19. The van der Waals surface area contributed by atoms with E-state index in [1.807, 2.05) is 25.1 Å². The van der Waals surface area contributed by atoms with E-state index in [0.717, 1.165) is 23.1 Å². The smallest absolute Gasteiger partial charge is 0.183 e. The molecule has 1 N–H and O–H groups in total. The summed E-state index contributed by atoms with van der Waals surface area (Å²) in [5, 5.41) is 4.30. The molecule has 0 radical (unpaired) electrons. The predicted octanol–water partition coefficient (Wildman–Crippen LogP) is 3.38. The Labute approximate surface area is 105 Å². The van der Waals surface area contributed by atoms with Crippen LogP contribution in [0.25, 0.3) is 0 Å². The van der Waals surface area contributed by atoms with Gasteiger partial charge in [-0.2, -0.15) is 0 Å². The number of rotatable bonds is 4. The zero-order valence-corrected chi connectivity index (χ0v) is 11.1. The number of nitrogens with one attached hydrogen (secondary N) is 1. The van der Waals surface area contributed by atoms with Crippen molar-refractivity contribution in [1.29, 1.82) is 0 Å². The summed E-state index contributed by atoms with van der Waals surface area (Å²) in [5.74, 6) is 0.885. The molecule has 0 saturated heterocycles. The third kappa shape index (κ3) is 2.97. The van der Waals surface area contributed by atoms with Crippen LogP contribution in [0, 0.1) is 13.8 Å². The van der Waals surface area contributed by atoms with Crippen LogP contribution in [0.15, 0.2) is 24.3 Å². The van der Waals surface area contributed by atoms with Crippen molar-refractivity contribution in [2.45, 2.75) is 20.4 Å². The van der Waals surface area contributed by atoms with Gasteiger partial charge < -0.3 is 10.1 Å². The molecule has 17 heavy (non-hydrogen) atoms. The quantitative estimate of drug-likeness (QED) is 0.900. The second-order valence-electron chi connectivity index (χ2n) is 3.87. The van der Waals surface area contributed by atoms with Gasteiger partial charge in [-0.05, 0) is 31.5 Å². The SMILES string of the molecule is COc1cccc(CNc2nc(C)c(C)s2)c1. The summed E-state index contributed by atoms with van der Waals surface area (Å²) in [4.78, 5) is 5.71. The van der Waals surface area contributed by atoms with Crippen LogP contribution >= 0.6 is 11.3 Å². The highest BCUT2D eigenvalue weighted by Crippen LogP contribution is 2.22. The van der Waals surface area contributed by atoms with Crippen molar-refractivity contribution in [3.63, 3.8) is 0 Å². The average molecular weight is 248 g/mol. The molecule has 0 bridgehead atoms. The number of methoxy groups -OCH3 is 1. The van der Waals surface area contributed by atoms with Crippen LogP contribution in [-0.2, 0) is 6.54 Å². The first-order valence-corrected chi connectivity index (χ1v) is 6.31. The molecule has 4 heteroatoms. The fraction of sp³-hybridized carbons (Fsp3) is 0.308. The van der Waals surface area contributed by atoms with Gasteiger partial charge in [-0.15, -0.1) is 11.3 Å². The summed E-state index contributed by atoms with van der Waals surface area (Å²) in [6.07, 6.45) is 0. The van der Waals surface area contributed by atoms with E-state index in [9.17, 15) is 0 Å². The number of aryl methyl sites for hydroxylation is 2. The first kappa shape index (κ1) is 11.9. The maximum Gasteiger partial charge on any atom is 0.183 e. The molecular formula is C13H16N2OS. The minimum Gasteiger partial charge on any atom is -0.497 e. The lowest BCUT2D eigenvalue weighted by atomic mass is 10.2. The Kier molecular flexibility index (Phi) is 3.64. The third-order valence-electron chi connectivity index (χ3n) is 2.61. The zero-order chi connectivity index (χ0) is 12.3. The molecule has 2 rings (SSSR count). The van der Waals surface area contributed by atoms with Gasteiger partial charge in [0.1, 0.15) is 5.75 Å². The summed E-state index contributed by atoms with van der Waals surface area (Å²) in [5.41, 5.74) is 2.29. The molecule has 90 valence electrons. The lowest BCUT2D eigenvalue weighted by Crippen LogP contribution is -1.99. The minimum atomic E-state index is 0.767. The molecule has 0 fully saturated rings. The van der Waals surface area contributed by atoms with E-state index in [1.165, 1.54) is 10.4 Å². The molecule has 0 aliphatic rings. The highest BCUT2D eigenvalue weighted by Gasteiger charge is 2.03. The van der Waals surface area contributed by atoms with E-state index >= 15 is 0 Å². The van der Waals surface area contributed by atoms with E-state index in [2.05, 4.69) is 23.3 Å². The number of nitrogens with zero attached hydrogens (tertiary/aromatic N) is 1. The number of hydrogen-bond acceptors (Lipinski definition) is 4. The molecule has 0 aliphatic carbocycles. The van der Waals surface area contributed by atoms with Crippen molar-refractivity contribution in [2.75, 3.05) is 12.4 Å². The van der Waals surface area contributed by atoms with E-state index in [-0.39, 0.29) is 0 Å². The number of ether oxygens (including phenoxy) is 1. The van der Waals surface area contributed by atoms with Gasteiger partial charge in [-0.1, -0.05) is 12.1 Å². The van der Waals surface area contributed by atoms with Gasteiger partial charge in [0.15, 0.2) is 5.13 Å². The average Bonchev–Trinajstić information content (AvgIpc) is 2.67. The molecule has 1 heterocycles. The van der Waals surface area contributed by atoms with Crippen LogP contribution in [0.2, 0.25) is 0 Å². The third-order valence-corrected chi connectivity index (χ3v) is 3.64. The molecule has 2 aromatic rings. The van der Waals surface area contributed by atoms with E-state index < -0.39 is 0 Å². The lowest BCUT2D eigenvalue weighted by molar-refractivity contribution is 0.414. The zero-order valence-electron chi connectivity index (χ0n) is 10.3. The predicted molar refractivity (Wildman–Crippen MR) is 71.9 cm³/mol. The van der Waals surface area contributed by atoms with Gasteiger partial charge in [0.05, 0.1) is 12.8 Å². The van der Waals surface area contributed by atoms with E-state index in [1.54, 1.807) is 18.4 Å². The minimum absolute atomic E-state index is 0.767. The fourth-order valence-electron chi connectivity index (χ4n) is 1.51. The standard InChI is InChI=1S/C13H16N2OS/c1-9-10(2)17-13(15-9)14-8-11-5-4-6-12(7-11)16-3/h4-7H,8H2,1-3H3,(H,14,15). The summed E-state index contributed by atoms with van der Waals surface area (Å²) >= 11 is 1.69. The molecule has 1 aromatic heterocycles.